The Hall–Kier alpha value is -1.32. The minimum absolute atomic E-state index is 0.0627. The summed E-state index contributed by atoms with van der Waals surface area (Å²) in [6.45, 7) is -2.05. The van der Waals surface area contributed by atoms with Crippen LogP contribution in [0.25, 0.3) is 0 Å². The van der Waals surface area contributed by atoms with Gasteiger partial charge in [-0.05, 0) is 30.0 Å². The van der Waals surface area contributed by atoms with Gasteiger partial charge in [-0.3, -0.25) is 0 Å². The molecule has 0 aromatic carbocycles. The van der Waals surface area contributed by atoms with Crippen molar-refractivity contribution in [3.8, 4) is 0 Å². The van der Waals surface area contributed by atoms with E-state index in [9.17, 15) is 30.0 Å². The highest BCUT2D eigenvalue weighted by Gasteiger charge is 2.47. The third kappa shape index (κ3) is 6.33. The molecule has 1 aromatic rings. The third-order valence-corrected chi connectivity index (χ3v) is 7.83. The first-order chi connectivity index (χ1) is 13.4. The van der Waals surface area contributed by atoms with E-state index in [0.717, 1.165) is 0 Å². The summed E-state index contributed by atoms with van der Waals surface area (Å²) < 4.78 is 92.3. The quantitative estimate of drug-likeness (QED) is 0.481. The number of hydrogen-bond donors (Lipinski definition) is 3. The van der Waals surface area contributed by atoms with E-state index in [0.29, 0.717) is 9.87 Å². The topological polar surface area (TPSA) is 143 Å². The van der Waals surface area contributed by atoms with Gasteiger partial charge in [0.2, 0.25) is 0 Å². The lowest BCUT2D eigenvalue weighted by molar-refractivity contribution is -0.186. The monoisotopic (exact) mass is 460 g/mol. The highest BCUT2D eigenvalue weighted by atomic mass is 32.2. The largest absolute Gasteiger partial charge is 0.395 e. The number of aliphatic hydroxyl groups excluding tert-OH is 1. The number of nitrogens with zero attached hydrogens (tertiary/aromatic N) is 2. The first-order valence-corrected chi connectivity index (χ1v) is 11.8. The van der Waals surface area contributed by atoms with E-state index in [1.54, 1.807) is 0 Å². The molecule has 1 aromatic heterocycles. The zero-order chi connectivity index (χ0) is 21.9. The molecule has 2 atom stereocenters. The molecule has 14 heteroatoms. The molecule has 1 aliphatic rings. The van der Waals surface area contributed by atoms with Gasteiger partial charge in [0.25, 0.3) is 10.2 Å². The highest BCUT2D eigenvalue weighted by molar-refractivity contribution is 7.91. The van der Waals surface area contributed by atoms with Crippen LogP contribution in [0.1, 0.15) is 12.0 Å². The van der Waals surface area contributed by atoms with Crippen molar-refractivity contribution in [2.45, 2.75) is 24.2 Å². The van der Waals surface area contributed by atoms with Gasteiger partial charge in [0.1, 0.15) is 0 Å². The van der Waals surface area contributed by atoms with Gasteiger partial charge in [0.15, 0.2) is 14.9 Å². The molecule has 2 heterocycles. The lowest BCUT2D eigenvalue weighted by Gasteiger charge is -2.37. The van der Waals surface area contributed by atoms with E-state index >= 15 is 0 Å². The summed E-state index contributed by atoms with van der Waals surface area (Å²) in [5.74, 6) is -3.79. The van der Waals surface area contributed by atoms with Crippen molar-refractivity contribution >= 4 is 20.0 Å². The molecule has 0 aliphatic carbocycles. The van der Waals surface area contributed by atoms with Gasteiger partial charge < -0.3 is 10.8 Å². The lowest BCUT2D eigenvalue weighted by Crippen LogP contribution is -2.52. The summed E-state index contributed by atoms with van der Waals surface area (Å²) in [5.41, 5.74) is 5.97. The van der Waals surface area contributed by atoms with E-state index in [4.69, 9.17) is 10.8 Å². The molecule has 2 rings (SSSR count). The average molecular weight is 461 g/mol. The second kappa shape index (κ2) is 9.22. The van der Waals surface area contributed by atoms with E-state index in [1.165, 1.54) is 18.3 Å². The van der Waals surface area contributed by atoms with E-state index in [-0.39, 0.29) is 18.1 Å². The molecule has 9 nitrogen and oxygen atoms in total. The fourth-order valence-corrected chi connectivity index (χ4v) is 6.02. The van der Waals surface area contributed by atoms with Gasteiger partial charge in [0, 0.05) is 32.4 Å². The number of aromatic nitrogens is 1. The van der Waals surface area contributed by atoms with Crippen molar-refractivity contribution in [1.82, 2.24) is 14.0 Å². The molecule has 1 fully saturated rings. The summed E-state index contributed by atoms with van der Waals surface area (Å²) >= 11 is 0. The minimum atomic E-state index is -4.69. The van der Waals surface area contributed by atoms with Crippen LogP contribution >= 0.6 is 0 Å². The lowest BCUT2D eigenvalue weighted by atomic mass is 9.91. The Morgan fingerprint density at radius 3 is 2.55 bits per heavy atom. The van der Waals surface area contributed by atoms with Gasteiger partial charge in [-0.2, -0.15) is 30.6 Å². The van der Waals surface area contributed by atoms with Gasteiger partial charge in [-0.1, -0.05) is 0 Å². The molecule has 0 radical (unpaired) electrons. The zero-order valence-electron chi connectivity index (χ0n) is 15.3. The number of sulfone groups is 1. The minimum Gasteiger partial charge on any atom is -0.395 e. The number of pyridine rings is 1. The second-order valence-corrected chi connectivity index (χ2v) is 10.5. The molecule has 0 unspecified atom stereocenters. The molecule has 0 amide bonds. The molecule has 0 saturated carbocycles. The van der Waals surface area contributed by atoms with Crippen LogP contribution in [0.5, 0.6) is 0 Å². The number of piperidine rings is 1. The van der Waals surface area contributed by atoms with Crippen LogP contribution in [0.3, 0.4) is 0 Å². The Bertz CT molecular complexity index is 909. The average Bonchev–Trinajstić information content (AvgIpc) is 2.65. The summed E-state index contributed by atoms with van der Waals surface area (Å²) in [4.78, 5) is 3.76. The molecule has 1 aliphatic heterocycles. The predicted molar refractivity (Wildman–Crippen MR) is 97.4 cm³/mol. The van der Waals surface area contributed by atoms with E-state index in [2.05, 4.69) is 4.98 Å². The molecule has 29 heavy (non-hydrogen) atoms. The van der Waals surface area contributed by atoms with Gasteiger partial charge in [-0.15, -0.1) is 0 Å². The zero-order valence-corrected chi connectivity index (χ0v) is 17.0. The third-order valence-electron chi connectivity index (χ3n) is 4.51. The van der Waals surface area contributed by atoms with E-state index in [1.807, 2.05) is 4.72 Å². The maximum atomic E-state index is 13.3. The summed E-state index contributed by atoms with van der Waals surface area (Å²) in [5, 5.41) is 8.44. The van der Waals surface area contributed by atoms with Crippen molar-refractivity contribution in [2.75, 3.05) is 32.0 Å². The van der Waals surface area contributed by atoms with E-state index < -0.39 is 69.9 Å². The maximum absolute atomic E-state index is 13.3. The normalized spacial score (nSPS) is 22.0. The Labute approximate surface area is 167 Å². The number of aliphatic hydroxyl groups is 1. The van der Waals surface area contributed by atoms with Gasteiger partial charge >= 0.3 is 6.18 Å². The molecule has 166 valence electrons. The Morgan fingerprint density at radius 1 is 1.28 bits per heavy atom. The predicted octanol–water partition coefficient (Wildman–Crippen LogP) is -0.359. The molecule has 0 bridgehead atoms. The Kier molecular flexibility index (Phi) is 7.62. The summed E-state index contributed by atoms with van der Waals surface area (Å²) in [6, 6.07) is 2.76. The second-order valence-electron chi connectivity index (χ2n) is 6.77. The number of nitrogens with one attached hydrogen (secondary N) is 1. The molecule has 0 spiro atoms. The number of rotatable bonds is 8. The number of halogens is 3. The summed E-state index contributed by atoms with van der Waals surface area (Å²) in [7, 11) is -8.37. The fourth-order valence-electron chi connectivity index (χ4n) is 3.12. The molecule has 4 N–H and O–H groups in total. The molecule has 1 saturated heterocycles. The van der Waals surface area contributed by atoms with Crippen LogP contribution in [0.4, 0.5) is 13.2 Å². The number of hydrogen-bond acceptors (Lipinski definition) is 7. The van der Waals surface area contributed by atoms with Crippen molar-refractivity contribution < 1.29 is 35.1 Å². The standard InChI is InChI=1S/C15H23F3N4O5S2/c16-15(17,18)13-5-12(8-22(9-13)29(26,27)21-3-4-23)10-28(24,25)14-6-11(7-19)1-2-20-14/h1-2,6,12-13,21,23H,3-5,7-10,19H2/t12-,13+/m1/s1. The van der Waals surface area contributed by atoms with Crippen molar-refractivity contribution in [3.63, 3.8) is 0 Å². The summed E-state index contributed by atoms with van der Waals surface area (Å²) in [6.07, 6.45) is -3.97. The first-order valence-electron chi connectivity index (χ1n) is 8.69. The van der Waals surface area contributed by atoms with Crippen molar-refractivity contribution in [1.29, 1.82) is 0 Å². The van der Waals surface area contributed by atoms with Crippen molar-refractivity contribution in [2.24, 2.45) is 17.6 Å². The number of alkyl halides is 3. The Morgan fingerprint density at radius 2 is 1.97 bits per heavy atom. The van der Waals surface area contributed by atoms with Gasteiger partial charge in [0.05, 0.1) is 18.3 Å². The van der Waals surface area contributed by atoms with Crippen LogP contribution < -0.4 is 10.5 Å². The van der Waals surface area contributed by atoms with Gasteiger partial charge in [-0.25, -0.2) is 13.4 Å². The smallest absolute Gasteiger partial charge is 0.393 e. The number of nitrogens with two attached hydrogens (primary N) is 1. The maximum Gasteiger partial charge on any atom is 0.393 e. The van der Waals surface area contributed by atoms with Crippen LogP contribution in [-0.2, 0) is 26.6 Å². The molecular weight excluding hydrogens is 437 g/mol. The molecular formula is C15H23F3N4O5S2. The van der Waals surface area contributed by atoms with Crippen LogP contribution in [-0.4, -0.2) is 69.4 Å². The Balaban J connectivity index is 2.27. The van der Waals surface area contributed by atoms with Crippen LogP contribution in [0, 0.1) is 11.8 Å². The first kappa shape index (κ1) is 24.0. The van der Waals surface area contributed by atoms with Crippen LogP contribution in [0.2, 0.25) is 0 Å². The fraction of sp³-hybridized carbons (Fsp3) is 0.667. The SMILES string of the molecule is NCc1ccnc(S(=O)(=O)C[C@@H]2C[C@H](C(F)(F)F)CN(S(=O)(=O)NCCO)C2)c1. The van der Waals surface area contributed by atoms with Crippen molar-refractivity contribution in [3.05, 3.63) is 23.9 Å². The highest BCUT2D eigenvalue weighted by Crippen LogP contribution is 2.37. The van der Waals surface area contributed by atoms with Crippen LogP contribution in [0.15, 0.2) is 23.4 Å².